The molecule has 1 aromatic carbocycles. The second-order valence-corrected chi connectivity index (χ2v) is 6.06. The fourth-order valence-corrected chi connectivity index (χ4v) is 2.92. The third-order valence-electron chi connectivity index (χ3n) is 4.29. The molecule has 0 aliphatic carbocycles. The topological polar surface area (TPSA) is 86.9 Å². The number of methoxy groups -OCH3 is 2. The lowest BCUT2D eigenvalue weighted by atomic mass is 10.1. The minimum atomic E-state index is -0.291. The Morgan fingerprint density at radius 2 is 1.96 bits per heavy atom. The van der Waals surface area contributed by atoms with Crippen LogP contribution in [0.4, 0.5) is 0 Å². The van der Waals surface area contributed by atoms with Crippen LogP contribution < -0.4 is 20.3 Å². The lowest BCUT2D eigenvalue weighted by molar-refractivity contribution is -0.121. The summed E-state index contributed by atoms with van der Waals surface area (Å²) in [5.41, 5.74) is 1.22. The Morgan fingerprint density at radius 3 is 2.70 bits per heavy atom. The maximum absolute atomic E-state index is 12.4. The minimum Gasteiger partial charge on any atom is -0.493 e. The van der Waals surface area contributed by atoms with Crippen molar-refractivity contribution in [3.8, 4) is 11.5 Å². The number of aromatic nitrogens is 3. The van der Waals surface area contributed by atoms with E-state index in [0.29, 0.717) is 35.8 Å². The van der Waals surface area contributed by atoms with Crippen LogP contribution in [0.1, 0.15) is 11.4 Å². The van der Waals surface area contributed by atoms with Crippen molar-refractivity contribution >= 4 is 11.4 Å². The van der Waals surface area contributed by atoms with Gasteiger partial charge in [0.25, 0.3) is 5.56 Å². The van der Waals surface area contributed by atoms with Gasteiger partial charge in [-0.1, -0.05) is 6.07 Å². The highest BCUT2D eigenvalue weighted by atomic mass is 16.5. The van der Waals surface area contributed by atoms with Gasteiger partial charge in [-0.05, 0) is 43.2 Å². The molecular weight excluding hydrogens is 348 g/mol. The first kappa shape index (κ1) is 18.5. The summed E-state index contributed by atoms with van der Waals surface area (Å²) < 4.78 is 13.4. The number of carbonyl (C=O) groups is 1. The van der Waals surface area contributed by atoms with E-state index in [0.717, 1.165) is 5.56 Å². The van der Waals surface area contributed by atoms with Gasteiger partial charge in [0.15, 0.2) is 11.5 Å². The molecule has 0 saturated heterocycles. The number of ether oxygens (including phenoxy) is 2. The van der Waals surface area contributed by atoms with E-state index in [1.807, 2.05) is 18.2 Å². The van der Waals surface area contributed by atoms with E-state index in [4.69, 9.17) is 9.47 Å². The van der Waals surface area contributed by atoms with E-state index >= 15 is 0 Å². The quantitative estimate of drug-likeness (QED) is 0.675. The predicted octanol–water partition coefficient (Wildman–Crippen LogP) is 1.18. The second-order valence-electron chi connectivity index (χ2n) is 6.06. The Bertz CT molecular complexity index is 1020. The van der Waals surface area contributed by atoms with Crippen molar-refractivity contribution in [2.75, 3.05) is 20.8 Å². The van der Waals surface area contributed by atoms with E-state index in [9.17, 15) is 9.59 Å². The van der Waals surface area contributed by atoms with Gasteiger partial charge < -0.3 is 14.8 Å². The molecule has 8 nitrogen and oxygen atoms in total. The van der Waals surface area contributed by atoms with E-state index in [-0.39, 0.29) is 18.0 Å². The van der Waals surface area contributed by atoms with Crippen LogP contribution in [0, 0.1) is 6.92 Å². The van der Waals surface area contributed by atoms with Gasteiger partial charge in [-0.3, -0.25) is 14.0 Å². The van der Waals surface area contributed by atoms with Crippen LogP contribution in [0.15, 0.2) is 41.3 Å². The summed E-state index contributed by atoms with van der Waals surface area (Å²) in [5.74, 6) is 1.69. The van der Waals surface area contributed by atoms with Crippen molar-refractivity contribution in [2.24, 2.45) is 0 Å². The molecule has 0 atom stereocenters. The SMILES string of the molecule is COc1ccc(CCNC(=O)Cn2nc(C)n3cccc3c2=O)cc1OC. The van der Waals surface area contributed by atoms with Crippen LogP contribution in [-0.2, 0) is 17.8 Å². The molecule has 8 heteroatoms. The summed E-state index contributed by atoms with van der Waals surface area (Å²) >= 11 is 0. The summed E-state index contributed by atoms with van der Waals surface area (Å²) in [6.45, 7) is 2.11. The third-order valence-corrected chi connectivity index (χ3v) is 4.29. The van der Waals surface area contributed by atoms with Gasteiger partial charge in [-0.25, -0.2) is 4.68 Å². The van der Waals surface area contributed by atoms with Crippen LogP contribution in [0.3, 0.4) is 0 Å². The van der Waals surface area contributed by atoms with Crippen LogP contribution in [0.25, 0.3) is 5.52 Å². The van der Waals surface area contributed by atoms with Gasteiger partial charge in [-0.15, -0.1) is 0 Å². The van der Waals surface area contributed by atoms with Gasteiger partial charge in [0, 0.05) is 12.7 Å². The van der Waals surface area contributed by atoms with Gasteiger partial charge in [0.05, 0.1) is 14.2 Å². The lowest BCUT2D eigenvalue weighted by Crippen LogP contribution is -2.35. The fraction of sp³-hybridized carbons (Fsp3) is 0.316. The summed E-state index contributed by atoms with van der Waals surface area (Å²) in [6, 6.07) is 9.11. The summed E-state index contributed by atoms with van der Waals surface area (Å²) in [6.07, 6.45) is 2.40. The van der Waals surface area contributed by atoms with Crippen LogP contribution in [-0.4, -0.2) is 40.9 Å². The number of benzene rings is 1. The zero-order valence-corrected chi connectivity index (χ0v) is 15.6. The van der Waals surface area contributed by atoms with Gasteiger partial charge in [-0.2, -0.15) is 5.10 Å². The smallest absolute Gasteiger partial charge is 0.291 e. The Hall–Kier alpha value is -3.29. The molecule has 0 aliphatic rings. The van der Waals surface area contributed by atoms with E-state index in [1.54, 1.807) is 43.9 Å². The molecule has 1 N–H and O–H groups in total. The zero-order chi connectivity index (χ0) is 19.4. The largest absolute Gasteiger partial charge is 0.493 e. The molecule has 2 aromatic heterocycles. The van der Waals surface area contributed by atoms with Crippen molar-refractivity contribution in [1.82, 2.24) is 19.5 Å². The zero-order valence-electron chi connectivity index (χ0n) is 15.6. The third kappa shape index (κ3) is 3.94. The number of carbonyl (C=O) groups excluding carboxylic acids is 1. The standard InChI is InChI=1S/C19H22N4O4/c1-13-21-23(19(25)15-5-4-10-22(13)15)12-18(24)20-9-8-14-6-7-16(26-2)17(11-14)27-3/h4-7,10-11H,8-9,12H2,1-3H3,(H,20,24). The Morgan fingerprint density at radius 1 is 1.19 bits per heavy atom. The number of amides is 1. The average Bonchev–Trinajstić information content (AvgIpc) is 3.16. The maximum atomic E-state index is 12.4. The summed E-state index contributed by atoms with van der Waals surface area (Å²) in [4.78, 5) is 24.6. The highest BCUT2D eigenvalue weighted by Crippen LogP contribution is 2.27. The molecule has 27 heavy (non-hydrogen) atoms. The number of aryl methyl sites for hydroxylation is 1. The molecular formula is C19H22N4O4. The molecule has 3 aromatic rings. The molecule has 3 rings (SSSR count). The monoisotopic (exact) mass is 370 g/mol. The van der Waals surface area contributed by atoms with Gasteiger partial charge >= 0.3 is 0 Å². The average molecular weight is 370 g/mol. The van der Waals surface area contributed by atoms with Crippen molar-refractivity contribution in [2.45, 2.75) is 19.9 Å². The van der Waals surface area contributed by atoms with Crippen molar-refractivity contribution in [3.63, 3.8) is 0 Å². The molecule has 0 radical (unpaired) electrons. The molecule has 2 heterocycles. The highest BCUT2D eigenvalue weighted by molar-refractivity contribution is 5.75. The first-order valence-corrected chi connectivity index (χ1v) is 8.56. The molecule has 0 fully saturated rings. The lowest BCUT2D eigenvalue weighted by Gasteiger charge is -2.11. The van der Waals surface area contributed by atoms with Crippen LogP contribution in [0.2, 0.25) is 0 Å². The molecule has 0 unspecified atom stereocenters. The Balaban J connectivity index is 1.61. The number of rotatable bonds is 7. The molecule has 1 amide bonds. The molecule has 0 saturated carbocycles. The van der Waals surface area contributed by atoms with E-state index in [2.05, 4.69) is 10.4 Å². The Kier molecular flexibility index (Phi) is 5.44. The number of hydrogen-bond donors (Lipinski definition) is 1. The van der Waals surface area contributed by atoms with E-state index < -0.39 is 0 Å². The molecule has 0 bridgehead atoms. The maximum Gasteiger partial charge on any atom is 0.291 e. The first-order chi connectivity index (χ1) is 13.0. The number of hydrogen-bond acceptors (Lipinski definition) is 5. The van der Waals surface area contributed by atoms with Crippen LogP contribution in [0.5, 0.6) is 11.5 Å². The van der Waals surface area contributed by atoms with Crippen LogP contribution >= 0.6 is 0 Å². The summed E-state index contributed by atoms with van der Waals surface area (Å²) in [7, 11) is 3.17. The fourth-order valence-electron chi connectivity index (χ4n) is 2.92. The number of nitrogens with one attached hydrogen (secondary N) is 1. The molecule has 142 valence electrons. The number of nitrogens with zero attached hydrogens (tertiary/aromatic N) is 3. The molecule has 0 spiro atoms. The summed E-state index contributed by atoms with van der Waals surface area (Å²) in [5, 5.41) is 7.01. The Labute approximate surface area is 156 Å². The minimum absolute atomic E-state index is 0.118. The van der Waals surface area contributed by atoms with Gasteiger partial charge in [0.1, 0.15) is 17.9 Å². The van der Waals surface area contributed by atoms with Crippen molar-refractivity contribution in [1.29, 1.82) is 0 Å². The van der Waals surface area contributed by atoms with Gasteiger partial charge in [0.2, 0.25) is 5.91 Å². The predicted molar refractivity (Wildman–Crippen MR) is 100 cm³/mol. The van der Waals surface area contributed by atoms with E-state index in [1.165, 1.54) is 4.68 Å². The normalized spacial score (nSPS) is 10.8. The molecule has 0 aliphatic heterocycles. The number of fused-ring (bicyclic) bond motifs is 1. The van der Waals surface area contributed by atoms with Crippen molar-refractivity contribution in [3.05, 3.63) is 58.3 Å². The van der Waals surface area contributed by atoms with Crippen molar-refractivity contribution < 1.29 is 14.3 Å². The first-order valence-electron chi connectivity index (χ1n) is 8.56. The highest BCUT2D eigenvalue weighted by Gasteiger charge is 2.11. The second kappa shape index (κ2) is 7.94.